The number of hydrogen-bond donors (Lipinski definition) is 0. The quantitative estimate of drug-likeness (QED) is 0.472. The highest BCUT2D eigenvalue weighted by atomic mass is 35.5. The molecule has 0 aliphatic rings. The highest BCUT2D eigenvalue weighted by Crippen LogP contribution is 2.21. The summed E-state index contributed by atoms with van der Waals surface area (Å²) in [6.45, 7) is 5.47. The Kier molecular flexibility index (Phi) is 5.76. The van der Waals surface area contributed by atoms with Crippen LogP contribution in [0.15, 0.2) is 12.1 Å². The molecule has 1 aromatic heterocycles. The number of pyridine rings is 1. The van der Waals surface area contributed by atoms with Crippen LogP contribution in [0.2, 0.25) is 5.15 Å². The highest BCUT2D eigenvalue weighted by molar-refractivity contribution is 6.29. The standard InChI is InChI=1S/C13H16ClNO4/c1-4-18-12(16)11(13(17)19-5-2)9-6-8(3)7-10(14)15-9/h6-7,11H,4-5H2,1-3H3. The second-order valence-electron chi connectivity index (χ2n) is 3.83. The van der Waals surface area contributed by atoms with Crippen LogP contribution in [0.5, 0.6) is 0 Å². The second-order valence-corrected chi connectivity index (χ2v) is 4.22. The monoisotopic (exact) mass is 285 g/mol. The molecule has 1 rings (SSSR count). The van der Waals surface area contributed by atoms with Crippen molar-refractivity contribution in [1.82, 2.24) is 4.98 Å². The van der Waals surface area contributed by atoms with E-state index in [9.17, 15) is 9.59 Å². The first-order valence-electron chi connectivity index (χ1n) is 5.96. The van der Waals surface area contributed by atoms with Gasteiger partial charge in [0, 0.05) is 0 Å². The molecule has 0 aromatic carbocycles. The predicted molar refractivity (Wildman–Crippen MR) is 70.0 cm³/mol. The zero-order chi connectivity index (χ0) is 14.4. The van der Waals surface area contributed by atoms with Crippen molar-refractivity contribution in [3.05, 3.63) is 28.5 Å². The van der Waals surface area contributed by atoms with Crippen LogP contribution in [-0.2, 0) is 19.1 Å². The second kappa shape index (κ2) is 7.09. The maximum Gasteiger partial charge on any atom is 0.326 e. The molecule has 0 bridgehead atoms. The van der Waals surface area contributed by atoms with Crippen molar-refractivity contribution >= 4 is 23.5 Å². The molecule has 0 amide bonds. The SMILES string of the molecule is CCOC(=O)C(C(=O)OCC)c1cc(C)cc(Cl)n1. The summed E-state index contributed by atoms with van der Waals surface area (Å²) >= 11 is 5.84. The number of aryl methyl sites for hydroxylation is 1. The summed E-state index contributed by atoms with van der Waals surface area (Å²) in [7, 11) is 0. The van der Waals surface area contributed by atoms with Gasteiger partial charge in [0.15, 0.2) is 5.92 Å². The molecule has 0 unspecified atom stereocenters. The number of aromatic nitrogens is 1. The van der Waals surface area contributed by atoms with Crippen LogP contribution in [0.1, 0.15) is 31.0 Å². The molecule has 0 saturated heterocycles. The summed E-state index contributed by atoms with van der Waals surface area (Å²) in [6, 6.07) is 3.25. The van der Waals surface area contributed by atoms with Crippen LogP contribution >= 0.6 is 11.6 Å². The Morgan fingerprint density at radius 3 is 2.16 bits per heavy atom. The van der Waals surface area contributed by atoms with Crippen molar-refractivity contribution < 1.29 is 19.1 Å². The maximum absolute atomic E-state index is 11.9. The van der Waals surface area contributed by atoms with Gasteiger partial charge in [-0.1, -0.05) is 11.6 Å². The third-order valence-electron chi connectivity index (χ3n) is 2.30. The molecule has 0 atom stereocenters. The van der Waals surface area contributed by atoms with E-state index in [1.807, 2.05) is 0 Å². The van der Waals surface area contributed by atoms with Crippen LogP contribution in [0.4, 0.5) is 0 Å². The molecule has 19 heavy (non-hydrogen) atoms. The van der Waals surface area contributed by atoms with E-state index >= 15 is 0 Å². The molecule has 0 N–H and O–H groups in total. The molecular weight excluding hydrogens is 270 g/mol. The van der Waals surface area contributed by atoms with Crippen molar-refractivity contribution in [3.63, 3.8) is 0 Å². The number of halogens is 1. The normalized spacial score (nSPS) is 10.4. The predicted octanol–water partition coefficient (Wildman–Crippen LogP) is 2.25. The minimum Gasteiger partial charge on any atom is -0.465 e. The van der Waals surface area contributed by atoms with E-state index in [-0.39, 0.29) is 24.1 Å². The lowest BCUT2D eigenvalue weighted by Gasteiger charge is -2.14. The van der Waals surface area contributed by atoms with E-state index in [2.05, 4.69) is 4.98 Å². The first-order chi connectivity index (χ1) is 8.99. The fourth-order valence-electron chi connectivity index (χ4n) is 1.59. The first kappa shape index (κ1) is 15.4. The number of carbonyl (C=O) groups excluding carboxylic acids is 2. The minimum atomic E-state index is -1.20. The fraction of sp³-hybridized carbons (Fsp3) is 0.462. The Morgan fingerprint density at radius 1 is 1.21 bits per heavy atom. The summed E-state index contributed by atoms with van der Waals surface area (Å²) in [5.74, 6) is -2.57. The Labute approximate surface area is 116 Å². The molecule has 1 aromatic rings. The van der Waals surface area contributed by atoms with Gasteiger partial charge in [0.25, 0.3) is 0 Å². The van der Waals surface area contributed by atoms with Gasteiger partial charge in [-0.15, -0.1) is 0 Å². The maximum atomic E-state index is 11.9. The summed E-state index contributed by atoms with van der Waals surface area (Å²) in [6.07, 6.45) is 0. The molecule has 0 spiro atoms. The Balaban J connectivity index is 3.14. The largest absolute Gasteiger partial charge is 0.465 e. The van der Waals surface area contributed by atoms with E-state index in [0.29, 0.717) is 0 Å². The molecule has 0 aliphatic carbocycles. The number of ether oxygens (including phenoxy) is 2. The summed E-state index contributed by atoms with van der Waals surface area (Å²) in [4.78, 5) is 27.8. The van der Waals surface area contributed by atoms with Gasteiger partial charge in [-0.2, -0.15) is 0 Å². The van der Waals surface area contributed by atoms with Crippen molar-refractivity contribution in [3.8, 4) is 0 Å². The van der Waals surface area contributed by atoms with Crippen molar-refractivity contribution in [2.45, 2.75) is 26.7 Å². The van der Waals surface area contributed by atoms with Crippen LogP contribution in [0.3, 0.4) is 0 Å². The fourth-order valence-corrected chi connectivity index (χ4v) is 1.86. The summed E-state index contributed by atoms with van der Waals surface area (Å²) in [5, 5.41) is 0.216. The lowest BCUT2D eigenvalue weighted by atomic mass is 10.0. The van der Waals surface area contributed by atoms with Crippen LogP contribution in [0.25, 0.3) is 0 Å². The smallest absolute Gasteiger partial charge is 0.326 e. The molecule has 104 valence electrons. The Hall–Kier alpha value is -1.62. The van der Waals surface area contributed by atoms with Crippen molar-refractivity contribution in [2.75, 3.05) is 13.2 Å². The molecular formula is C13H16ClNO4. The van der Waals surface area contributed by atoms with Crippen molar-refractivity contribution in [1.29, 1.82) is 0 Å². The topological polar surface area (TPSA) is 65.5 Å². The summed E-state index contributed by atoms with van der Waals surface area (Å²) in [5.41, 5.74) is 1.04. The Morgan fingerprint density at radius 2 is 1.74 bits per heavy atom. The number of nitrogens with zero attached hydrogens (tertiary/aromatic N) is 1. The third-order valence-corrected chi connectivity index (χ3v) is 2.49. The van der Waals surface area contributed by atoms with Gasteiger partial charge >= 0.3 is 11.9 Å². The lowest BCUT2D eigenvalue weighted by molar-refractivity contribution is -0.157. The van der Waals surface area contributed by atoms with Crippen LogP contribution in [-0.4, -0.2) is 30.1 Å². The van der Waals surface area contributed by atoms with Gasteiger partial charge in [0.1, 0.15) is 5.15 Å². The molecule has 0 aliphatic heterocycles. The van der Waals surface area contributed by atoms with E-state index < -0.39 is 17.9 Å². The van der Waals surface area contributed by atoms with E-state index in [4.69, 9.17) is 21.1 Å². The van der Waals surface area contributed by atoms with Gasteiger partial charge in [0.2, 0.25) is 0 Å². The van der Waals surface area contributed by atoms with Crippen LogP contribution < -0.4 is 0 Å². The van der Waals surface area contributed by atoms with Crippen LogP contribution in [0, 0.1) is 6.92 Å². The lowest BCUT2D eigenvalue weighted by Crippen LogP contribution is -2.27. The van der Waals surface area contributed by atoms with Gasteiger partial charge in [0.05, 0.1) is 18.9 Å². The third kappa shape index (κ3) is 4.21. The molecule has 0 radical (unpaired) electrons. The van der Waals surface area contributed by atoms with Gasteiger partial charge < -0.3 is 9.47 Å². The Bertz CT molecular complexity index is 437. The zero-order valence-corrected chi connectivity index (χ0v) is 11.9. The molecule has 5 nitrogen and oxygen atoms in total. The number of hydrogen-bond acceptors (Lipinski definition) is 5. The number of rotatable bonds is 5. The summed E-state index contributed by atoms with van der Waals surface area (Å²) < 4.78 is 9.77. The number of esters is 2. The van der Waals surface area contributed by atoms with E-state index in [1.54, 1.807) is 32.9 Å². The highest BCUT2D eigenvalue weighted by Gasteiger charge is 2.33. The van der Waals surface area contributed by atoms with Gasteiger partial charge in [-0.25, -0.2) is 4.98 Å². The van der Waals surface area contributed by atoms with Gasteiger partial charge in [-0.05, 0) is 38.5 Å². The molecule has 1 heterocycles. The zero-order valence-electron chi connectivity index (χ0n) is 11.1. The van der Waals surface area contributed by atoms with E-state index in [1.165, 1.54) is 0 Å². The number of carbonyl (C=O) groups is 2. The molecule has 6 heteroatoms. The minimum absolute atomic E-state index is 0.175. The first-order valence-corrected chi connectivity index (χ1v) is 6.34. The van der Waals surface area contributed by atoms with E-state index in [0.717, 1.165) is 5.56 Å². The van der Waals surface area contributed by atoms with Gasteiger partial charge in [-0.3, -0.25) is 9.59 Å². The average Bonchev–Trinajstić information content (AvgIpc) is 2.28. The molecule has 0 saturated carbocycles. The van der Waals surface area contributed by atoms with Crippen molar-refractivity contribution in [2.24, 2.45) is 0 Å². The molecule has 0 fully saturated rings. The average molecular weight is 286 g/mol.